The number of hydrogen-bond donors (Lipinski definition) is 2. The fraction of sp³-hybridized carbons (Fsp3) is 0.667. The first-order chi connectivity index (χ1) is 11.2. The number of nitrogens with one attached hydrogen (secondary N) is 1. The number of benzene rings is 1. The van der Waals surface area contributed by atoms with Crippen molar-refractivity contribution in [1.82, 2.24) is 10.2 Å². The number of piperazine rings is 1. The quantitative estimate of drug-likeness (QED) is 0.873. The van der Waals surface area contributed by atoms with E-state index in [4.69, 9.17) is 9.47 Å². The molecule has 1 saturated heterocycles. The van der Waals surface area contributed by atoms with E-state index in [0.29, 0.717) is 12.0 Å². The first-order valence-corrected chi connectivity index (χ1v) is 8.64. The van der Waals surface area contributed by atoms with Crippen molar-refractivity contribution in [3.05, 3.63) is 17.7 Å². The van der Waals surface area contributed by atoms with Crippen LogP contribution in [0, 0.1) is 5.92 Å². The average Bonchev–Trinajstić information content (AvgIpc) is 3.11. The van der Waals surface area contributed by atoms with E-state index in [1.165, 1.54) is 25.7 Å². The van der Waals surface area contributed by atoms with Gasteiger partial charge in [0.2, 0.25) is 0 Å². The molecule has 0 amide bonds. The Bertz CT molecular complexity index is 498. The highest BCUT2D eigenvalue weighted by Crippen LogP contribution is 2.47. The van der Waals surface area contributed by atoms with Crippen LogP contribution in [0.1, 0.15) is 37.3 Å². The van der Waals surface area contributed by atoms with Crippen LogP contribution in [-0.2, 0) is 0 Å². The Balaban J connectivity index is 2.04. The average molecular weight is 320 g/mol. The number of phenolic OH excluding ortho intramolecular Hbond substituents is 1. The molecule has 5 nitrogen and oxygen atoms in total. The van der Waals surface area contributed by atoms with Gasteiger partial charge in [0.05, 0.1) is 19.8 Å². The second-order valence-electron chi connectivity index (χ2n) is 6.54. The van der Waals surface area contributed by atoms with Crippen LogP contribution in [0.15, 0.2) is 12.1 Å². The first kappa shape index (κ1) is 16.4. The number of rotatable bonds is 5. The predicted molar refractivity (Wildman–Crippen MR) is 90.4 cm³/mol. The van der Waals surface area contributed by atoms with Gasteiger partial charge in [0, 0.05) is 44.4 Å². The zero-order valence-electron chi connectivity index (χ0n) is 14.2. The molecule has 0 radical (unpaired) electrons. The van der Waals surface area contributed by atoms with E-state index in [1.807, 2.05) is 0 Å². The van der Waals surface area contributed by atoms with Gasteiger partial charge in [0.25, 0.3) is 0 Å². The maximum Gasteiger partial charge on any atom is 0.131 e. The fourth-order valence-electron chi connectivity index (χ4n) is 4.17. The smallest absolute Gasteiger partial charge is 0.131 e. The van der Waals surface area contributed by atoms with Gasteiger partial charge in [-0.05, 0) is 18.8 Å². The van der Waals surface area contributed by atoms with Crippen molar-refractivity contribution in [2.75, 3.05) is 40.4 Å². The van der Waals surface area contributed by atoms with Crippen LogP contribution in [0.5, 0.6) is 17.2 Å². The van der Waals surface area contributed by atoms with Crippen molar-refractivity contribution in [2.45, 2.75) is 31.7 Å². The Labute approximate surface area is 138 Å². The Morgan fingerprint density at radius 1 is 1.09 bits per heavy atom. The monoisotopic (exact) mass is 320 g/mol. The number of aromatic hydroxyl groups is 1. The third-order valence-electron chi connectivity index (χ3n) is 5.22. The largest absolute Gasteiger partial charge is 0.508 e. The van der Waals surface area contributed by atoms with Gasteiger partial charge in [0.1, 0.15) is 17.2 Å². The minimum Gasteiger partial charge on any atom is -0.508 e. The van der Waals surface area contributed by atoms with Crippen molar-refractivity contribution < 1.29 is 14.6 Å². The lowest BCUT2D eigenvalue weighted by molar-refractivity contribution is 0.120. The molecule has 2 aliphatic rings. The summed E-state index contributed by atoms with van der Waals surface area (Å²) in [6.07, 6.45) is 5.11. The van der Waals surface area contributed by atoms with Gasteiger partial charge in [0.15, 0.2) is 0 Å². The van der Waals surface area contributed by atoms with Gasteiger partial charge in [-0.3, -0.25) is 4.90 Å². The zero-order valence-corrected chi connectivity index (χ0v) is 14.2. The number of ether oxygens (including phenoxy) is 2. The molecule has 0 bridgehead atoms. The Kier molecular flexibility index (Phi) is 5.28. The van der Waals surface area contributed by atoms with Crippen molar-refractivity contribution in [1.29, 1.82) is 0 Å². The number of hydrogen-bond acceptors (Lipinski definition) is 5. The summed E-state index contributed by atoms with van der Waals surface area (Å²) < 4.78 is 11.2. The molecule has 2 N–H and O–H groups in total. The molecular formula is C18H28N2O3. The van der Waals surface area contributed by atoms with Gasteiger partial charge in [-0.25, -0.2) is 0 Å². The standard InChI is InChI=1S/C18H28N2O3/c1-22-15-11-14(21)12-16(23-2)17(15)18(13-5-3-4-6-13)20-9-7-19-8-10-20/h11-13,18-19,21H,3-10H2,1-2H3/t18-/m1/s1. The maximum absolute atomic E-state index is 9.95. The second-order valence-corrected chi connectivity index (χ2v) is 6.54. The molecule has 1 atom stereocenters. The van der Waals surface area contributed by atoms with Crippen LogP contribution in [0.2, 0.25) is 0 Å². The van der Waals surface area contributed by atoms with E-state index in [9.17, 15) is 5.11 Å². The van der Waals surface area contributed by atoms with Gasteiger partial charge < -0.3 is 19.9 Å². The van der Waals surface area contributed by atoms with Crippen molar-refractivity contribution in [2.24, 2.45) is 5.92 Å². The minimum atomic E-state index is 0.188. The van der Waals surface area contributed by atoms with E-state index in [2.05, 4.69) is 10.2 Å². The summed E-state index contributed by atoms with van der Waals surface area (Å²) in [7, 11) is 3.34. The molecule has 5 heteroatoms. The maximum atomic E-state index is 9.95. The molecule has 1 aromatic rings. The number of methoxy groups -OCH3 is 2. The van der Waals surface area contributed by atoms with Gasteiger partial charge in [-0.1, -0.05) is 12.8 Å². The van der Waals surface area contributed by atoms with Gasteiger partial charge >= 0.3 is 0 Å². The molecule has 1 heterocycles. The first-order valence-electron chi connectivity index (χ1n) is 8.64. The van der Waals surface area contributed by atoms with Crippen molar-refractivity contribution >= 4 is 0 Å². The molecule has 0 unspecified atom stereocenters. The number of nitrogens with zero attached hydrogens (tertiary/aromatic N) is 1. The Morgan fingerprint density at radius 3 is 2.17 bits per heavy atom. The molecule has 3 rings (SSSR count). The lowest BCUT2D eigenvalue weighted by Gasteiger charge is -2.39. The molecule has 0 spiro atoms. The number of phenols is 1. The van der Waals surface area contributed by atoms with E-state index in [1.54, 1.807) is 26.4 Å². The lowest BCUT2D eigenvalue weighted by Crippen LogP contribution is -2.46. The molecule has 128 valence electrons. The van der Waals surface area contributed by atoms with Crippen LogP contribution < -0.4 is 14.8 Å². The Hall–Kier alpha value is -1.46. The summed E-state index contributed by atoms with van der Waals surface area (Å²) in [5, 5.41) is 13.4. The van der Waals surface area contributed by atoms with E-state index in [0.717, 1.165) is 43.2 Å². The molecule has 2 fully saturated rings. The highest BCUT2D eigenvalue weighted by molar-refractivity contribution is 5.52. The second kappa shape index (κ2) is 7.41. The molecule has 0 aromatic heterocycles. The Morgan fingerprint density at radius 2 is 1.65 bits per heavy atom. The summed E-state index contributed by atoms with van der Waals surface area (Å²) in [5.41, 5.74) is 1.10. The summed E-state index contributed by atoms with van der Waals surface area (Å²) in [6, 6.07) is 3.72. The van der Waals surface area contributed by atoms with Gasteiger partial charge in [-0.2, -0.15) is 0 Å². The normalized spacial score (nSPS) is 21.3. The molecule has 1 aliphatic heterocycles. The predicted octanol–water partition coefficient (Wildman–Crippen LogP) is 2.55. The highest BCUT2D eigenvalue weighted by atomic mass is 16.5. The van der Waals surface area contributed by atoms with Crippen LogP contribution in [-0.4, -0.2) is 50.4 Å². The zero-order chi connectivity index (χ0) is 16.2. The lowest BCUT2D eigenvalue weighted by atomic mass is 9.88. The molecule has 1 aliphatic carbocycles. The molecule has 1 saturated carbocycles. The van der Waals surface area contributed by atoms with Crippen LogP contribution in [0.3, 0.4) is 0 Å². The summed E-state index contributed by atoms with van der Waals surface area (Å²) >= 11 is 0. The van der Waals surface area contributed by atoms with Crippen molar-refractivity contribution in [3.8, 4) is 17.2 Å². The van der Waals surface area contributed by atoms with E-state index < -0.39 is 0 Å². The van der Waals surface area contributed by atoms with Crippen LogP contribution in [0.25, 0.3) is 0 Å². The van der Waals surface area contributed by atoms with E-state index >= 15 is 0 Å². The van der Waals surface area contributed by atoms with Gasteiger partial charge in [-0.15, -0.1) is 0 Å². The summed E-state index contributed by atoms with van der Waals surface area (Å²) in [5.74, 6) is 2.28. The fourth-order valence-corrected chi connectivity index (χ4v) is 4.17. The molecular weight excluding hydrogens is 292 g/mol. The third kappa shape index (κ3) is 3.40. The highest BCUT2D eigenvalue weighted by Gasteiger charge is 2.36. The molecule has 23 heavy (non-hydrogen) atoms. The van der Waals surface area contributed by atoms with Crippen LogP contribution in [0.4, 0.5) is 0 Å². The van der Waals surface area contributed by atoms with Crippen LogP contribution >= 0.6 is 0 Å². The topological polar surface area (TPSA) is 54.0 Å². The SMILES string of the molecule is COc1cc(O)cc(OC)c1[C@@H](C1CCCC1)N1CCNCC1. The summed E-state index contributed by atoms with van der Waals surface area (Å²) in [4.78, 5) is 2.56. The third-order valence-corrected chi connectivity index (χ3v) is 5.22. The minimum absolute atomic E-state index is 0.188. The van der Waals surface area contributed by atoms with E-state index in [-0.39, 0.29) is 5.75 Å². The summed E-state index contributed by atoms with van der Waals surface area (Å²) in [6.45, 7) is 4.11. The molecule has 1 aromatic carbocycles. The van der Waals surface area contributed by atoms with Crippen molar-refractivity contribution in [3.63, 3.8) is 0 Å².